The lowest BCUT2D eigenvalue weighted by atomic mass is 9.75. The van der Waals surface area contributed by atoms with Crippen LogP contribution in [0.15, 0.2) is 0 Å². The Kier molecular flexibility index (Phi) is 4.37. The van der Waals surface area contributed by atoms with Crippen molar-refractivity contribution in [3.8, 4) is 6.07 Å². The van der Waals surface area contributed by atoms with Crippen LogP contribution in [-0.4, -0.2) is 23.9 Å². The molecule has 1 N–H and O–H groups in total. The normalized spacial score (nSPS) is 32.5. The van der Waals surface area contributed by atoms with Crippen LogP contribution in [0.4, 0.5) is 0 Å². The monoisotopic (exact) mass is 197 g/mol. The third-order valence-corrected chi connectivity index (χ3v) is 3.14. The lowest BCUT2D eigenvalue weighted by molar-refractivity contribution is -0.0778. The maximum atomic E-state index is 9.21. The molecule has 0 aliphatic heterocycles. The zero-order valence-electron chi connectivity index (χ0n) is 8.83. The fourth-order valence-electron chi connectivity index (χ4n) is 2.35. The molecule has 0 amide bonds. The predicted molar refractivity (Wildman–Crippen MR) is 53.6 cm³/mol. The van der Waals surface area contributed by atoms with Crippen molar-refractivity contribution >= 4 is 0 Å². The van der Waals surface area contributed by atoms with Crippen molar-refractivity contribution in [2.24, 2.45) is 5.92 Å². The summed E-state index contributed by atoms with van der Waals surface area (Å²) < 4.78 is 5.56. The first-order valence-electron chi connectivity index (χ1n) is 5.45. The van der Waals surface area contributed by atoms with Gasteiger partial charge in [-0.3, -0.25) is 0 Å². The van der Waals surface area contributed by atoms with Gasteiger partial charge in [0, 0.05) is 5.92 Å². The van der Waals surface area contributed by atoms with E-state index in [-0.39, 0.29) is 13.2 Å². The minimum Gasteiger partial charge on any atom is -0.394 e. The highest BCUT2D eigenvalue weighted by Gasteiger charge is 2.40. The summed E-state index contributed by atoms with van der Waals surface area (Å²) in [6.07, 6.45) is 5.15. The smallest absolute Gasteiger partial charge is 0.157 e. The number of hydrogen-bond acceptors (Lipinski definition) is 3. The highest BCUT2D eigenvalue weighted by atomic mass is 16.5. The molecule has 3 nitrogen and oxygen atoms in total. The number of nitriles is 1. The van der Waals surface area contributed by atoms with Crippen molar-refractivity contribution in [1.29, 1.82) is 5.26 Å². The lowest BCUT2D eigenvalue weighted by Gasteiger charge is -2.38. The van der Waals surface area contributed by atoms with Crippen molar-refractivity contribution in [2.75, 3.05) is 13.2 Å². The molecule has 2 atom stereocenters. The maximum absolute atomic E-state index is 9.21. The molecule has 80 valence electrons. The first kappa shape index (κ1) is 11.5. The standard InChI is InChI=1S/C11H19NO2/c1-2-10-5-3-4-6-11(10,9-12)14-8-7-13/h10,13H,2-8H2,1H3. The molecule has 0 heterocycles. The van der Waals surface area contributed by atoms with Gasteiger partial charge in [0.2, 0.25) is 0 Å². The molecule has 0 aromatic heterocycles. The first-order valence-corrected chi connectivity index (χ1v) is 5.45. The van der Waals surface area contributed by atoms with Crippen LogP contribution < -0.4 is 0 Å². The Hall–Kier alpha value is -0.590. The zero-order valence-corrected chi connectivity index (χ0v) is 8.83. The summed E-state index contributed by atoms with van der Waals surface area (Å²) in [6, 6.07) is 2.32. The number of ether oxygens (including phenoxy) is 1. The van der Waals surface area contributed by atoms with E-state index in [1.165, 1.54) is 6.42 Å². The second-order valence-electron chi connectivity index (χ2n) is 3.92. The van der Waals surface area contributed by atoms with Crippen molar-refractivity contribution in [3.63, 3.8) is 0 Å². The van der Waals surface area contributed by atoms with Gasteiger partial charge >= 0.3 is 0 Å². The van der Waals surface area contributed by atoms with Crippen LogP contribution in [-0.2, 0) is 4.74 Å². The SMILES string of the molecule is CCC1CCCCC1(C#N)OCCO. The summed E-state index contributed by atoms with van der Waals surface area (Å²) in [6.45, 7) is 2.38. The van der Waals surface area contributed by atoms with E-state index in [4.69, 9.17) is 9.84 Å². The second-order valence-corrected chi connectivity index (χ2v) is 3.92. The molecule has 0 aromatic rings. The summed E-state index contributed by atoms with van der Waals surface area (Å²) in [5.74, 6) is 0.341. The minimum absolute atomic E-state index is 0.000135. The van der Waals surface area contributed by atoms with Gasteiger partial charge in [0.1, 0.15) is 0 Å². The number of rotatable bonds is 4. The van der Waals surface area contributed by atoms with Gasteiger partial charge < -0.3 is 9.84 Å². The minimum atomic E-state index is -0.615. The molecule has 1 saturated carbocycles. The van der Waals surface area contributed by atoms with E-state index >= 15 is 0 Å². The second kappa shape index (κ2) is 5.33. The molecule has 2 unspecified atom stereocenters. The Balaban J connectivity index is 2.67. The summed E-state index contributed by atoms with van der Waals surface area (Å²) in [4.78, 5) is 0. The molecule has 1 aliphatic carbocycles. The largest absolute Gasteiger partial charge is 0.394 e. The van der Waals surface area contributed by atoms with Gasteiger partial charge in [-0.1, -0.05) is 13.3 Å². The Morgan fingerprint density at radius 1 is 1.57 bits per heavy atom. The third-order valence-electron chi connectivity index (χ3n) is 3.14. The average Bonchev–Trinajstić information content (AvgIpc) is 2.26. The van der Waals surface area contributed by atoms with E-state index in [1.54, 1.807) is 0 Å². The van der Waals surface area contributed by atoms with Crippen LogP contribution in [0.25, 0.3) is 0 Å². The summed E-state index contributed by atoms with van der Waals surface area (Å²) >= 11 is 0. The third kappa shape index (κ3) is 2.26. The average molecular weight is 197 g/mol. The van der Waals surface area contributed by atoms with E-state index in [0.29, 0.717) is 5.92 Å². The molecular weight excluding hydrogens is 178 g/mol. The van der Waals surface area contributed by atoms with Crippen LogP contribution in [0.1, 0.15) is 39.0 Å². The Labute approximate surface area is 85.7 Å². The molecule has 0 spiro atoms. The molecule has 0 bridgehead atoms. The highest BCUT2D eigenvalue weighted by Crippen LogP contribution is 2.38. The highest BCUT2D eigenvalue weighted by molar-refractivity contribution is 5.07. The molecule has 14 heavy (non-hydrogen) atoms. The zero-order chi connectivity index (χ0) is 10.4. The van der Waals surface area contributed by atoms with Crippen molar-refractivity contribution in [2.45, 2.75) is 44.6 Å². The van der Waals surface area contributed by atoms with Gasteiger partial charge in [0.25, 0.3) is 0 Å². The Morgan fingerprint density at radius 3 is 2.93 bits per heavy atom. The van der Waals surface area contributed by atoms with Gasteiger partial charge in [-0.05, 0) is 25.7 Å². The van der Waals surface area contributed by atoms with Crippen molar-refractivity contribution in [1.82, 2.24) is 0 Å². The topological polar surface area (TPSA) is 53.2 Å². The number of aliphatic hydroxyl groups is 1. The van der Waals surface area contributed by atoms with E-state index in [9.17, 15) is 5.26 Å². The van der Waals surface area contributed by atoms with Crippen LogP contribution >= 0.6 is 0 Å². The fraction of sp³-hybridized carbons (Fsp3) is 0.909. The predicted octanol–water partition coefficient (Wildman–Crippen LogP) is 1.86. The Bertz CT molecular complexity index is 212. The maximum Gasteiger partial charge on any atom is 0.157 e. The lowest BCUT2D eigenvalue weighted by Crippen LogP contribution is -2.42. The molecule has 3 heteroatoms. The fourth-order valence-corrected chi connectivity index (χ4v) is 2.35. The van der Waals surface area contributed by atoms with Crippen LogP contribution in [0, 0.1) is 17.2 Å². The molecule has 0 radical (unpaired) electrons. The van der Waals surface area contributed by atoms with Crippen LogP contribution in [0.3, 0.4) is 0 Å². The number of hydrogen-bond donors (Lipinski definition) is 1. The van der Waals surface area contributed by atoms with Crippen molar-refractivity contribution < 1.29 is 9.84 Å². The summed E-state index contributed by atoms with van der Waals surface area (Å²) in [5, 5.41) is 17.9. The van der Waals surface area contributed by atoms with Crippen molar-refractivity contribution in [3.05, 3.63) is 0 Å². The molecular formula is C11H19NO2. The van der Waals surface area contributed by atoms with Gasteiger partial charge in [-0.15, -0.1) is 0 Å². The van der Waals surface area contributed by atoms with E-state index in [0.717, 1.165) is 25.7 Å². The number of nitrogens with zero attached hydrogens (tertiary/aromatic N) is 1. The van der Waals surface area contributed by atoms with Gasteiger partial charge in [-0.25, -0.2) is 0 Å². The van der Waals surface area contributed by atoms with Gasteiger partial charge in [0.15, 0.2) is 5.60 Å². The summed E-state index contributed by atoms with van der Waals surface area (Å²) in [5.41, 5.74) is -0.615. The molecule has 1 aliphatic rings. The van der Waals surface area contributed by atoms with E-state index in [1.807, 2.05) is 0 Å². The molecule has 1 fully saturated rings. The molecule has 1 rings (SSSR count). The molecule has 0 aromatic carbocycles. The van der Waals surface area contributed by atoms with Crippen LogP contribution in [0.5, 0.6) is 0 Å². The van der Waals surface area contributed by atoms with Gasteiger partial charge in [-0.2, -0.15) is 5.26 Å². The van der Waals surface area contributed by atoms with E-state index < -0.39 is 5.60 Å². The number of aliphatic hydroxyl groups excluding tert-OH is 1. The van der Waals surface area contributed by atoms with Crippen LogP contribution in [0.2, 0.25) is 0 Å². The summed E-state index contributed by atoms with van der Waals surface area (Å²) in [7, 11) is 0. The molecule has 0 saturated heterocycles. The van der Waals surface area contributed by atoms with E-state index in [2.05, 4.69) is 13.0 Å². The first-order chi connectivity index (χ1) is 6.79. The quantitative estimate of drug-likeness (QED) is 0.748. The Morgan fingerprint density at radius 2 is 2.36 bits per heavy atom. The van der Waals surface area contributed by atoms with Gasteiger partial charge in [0.05, 0.1) is 19.3 Å².